The van der Waals surface area contributed by atoms with Gasteiger partial charge < -0.3 is 9.47 Å². The summed E-state index contributed by atoms with van der Waals surface area (Å²) >= 11 is 0. The van der Waals surface area contributed by atoms with E-state index in [1.165, 1.54) is 28.6 Å². The molecular weight excluding hydrogens is 464 g/mol. The molecule has 0 amide bonds. The lowest BCUT2D eigenvalue weighted by Crippen LogP contribution is -2.30. The molecule has 1 N–H and O–H groups in total. The molecule has 4 rings (SSSR count). The van der Waals surface area contributed by atoms with Crippen LogP contribution in [0.15, 0.2) is 82.6 Å². The first-order valence-corrected chi connectivity index (χ1v) is 13.2. The fourth-order valence-corrected chi connectivity index (χ4v) is 5.86. The molecule has 0 bridgehead atoms. The highest BCUT2D eigenvalue weighted by Crippen LogP contribution is 2.32. The largest absolute Gasteiger partial charge is 0.454 e. The van der Waals surface area contributed by atoms with Gasteiger partial charge in [0.25, 0.3) is 0 Å². The summed E-state index contributed by atoms with van der Waals surface area (Å²) in [4.78, 5) is 0.0169. The van der Waals surface area contributed by atoms with E-state index in [0.29, 0.717) is 17.1 Å². The highest BCUT2D eigenvalue weighted by Gasteiger charge is 2.24. The SMILES string of the molecule is CCN(Cc1ccccc1)S(=O)(=O)c1ccc(S(=O)(=O)NCc2ccc3c(c2)OCO3)cc1. The van der Waals surface area contributed by atoms with E-state index < -0.39 is 20.0 Å². The number of benzene rings is 3. The Balaban J connectivity index is 1.47. The monoisotopic (exact) mass is 488 g/mol. The normalized spacial score (nSPS) is 13.4. The van der Waals surface area contributed by atoms with E-state index in [4.69, 9.17) is 9.47 Å². The van der Waals surface area contributed by atoms with E-state index in [0.717, 1.165) is 5.56 Å². The molecule has 0 aliphatic carbocycles. The number of fused-ring (bicyclic) bond motifs is 1. The van der Waals surface area contributed by atoms with Crippen molar-refractivity contribution < 1.29 is 26.3 Å². The number of hydrogen-bond acceptors (Lipinski definition) is 6. The quantitative estimate of drug-likeness (QED) is 0.497. The Kier molecular flexibility index (Phi) is 6.71. The average molecular weight is 489 g/mol. The summed E-state index contributed by atoms with van der Waals surface area (Å²) in [6.45, 7) is 2.48. The van der Waals surface area contributed by atoms with Crippen LogP contribution >= 0.6 is 0 Å². The molecule has 8 nitrogen and oxygen atoms in total. The number of sulfonamides is 2. The molecule has 33 heavy (non-hydrogen) atoms. The minimum atomic E-state index is -3.84. The van der Waals surface area contributed by atoms with Crippen LogP contribution in [0, 0.1) is 0 Å². The van der Waals surface area contributed by atoms with E-state index in [-0.39, 0.29) is 36.2 Å². The number of nitrogens with one attached hydrogen (secondary N) is 1. The van der Waals surface area contributed by atoms with Crippen molar-refractivity contribution in [2.24, 2.45) is 0 Å². The second-order valence-corrected chi connectivity index (χ2v) is 11.1. The van der Waals surface area contributed by atoms with Gasteiger partial charge in [-0.25, -0.2) is 21.6 Å². The van der Waals surface area contributed by atoms with E-state index in [9.17, 15) is 16.8 Å². The number of hydrogen-bond donors (Lipinski definition) is 1. The lowest BCUT2D eigenvalue weighted by atomic mass is 10.2. The lowest BCUT2D eigenvalue weighted by Gasteiger charge is -2.20. The van der Waals surface area contributed by atoms with Crippen molar-refractivity contribution >= 4 is 20.0 Å². The molecule has 174 valence electrons. The number of rotatable bonds is 9. The molecule has 3 aromatic rings. The van der Waals surface area contributed by atoms with E-state index in [1.54, 1.807) is 25.1 Å². The summed E-state index contributed by atoms with van der Waals surface area (Å²) in [5, 5.41) is 0. The molecule has 0 atom stereocenters. The lowest BCUT2D eigenvalue weighted by molar-refractivity contribution is 0.174. The van der Waals surface area contributed by atoms with Crippen molar-refractivity contribution in [1.82, 2.24) is 9.03 Å². The molecule has 0 spiro atoms. The van der Waals surface area contributed by atoms with Gasteiger partial charge in [-0.15, -0.1) is 0 Å². The van der Waals surface area contributed by atoms with Gasteiger partial charge in [0.1, 0.15) is 0 Å². The Hall–Kier alpha value is -2.92. The predicted octanol–water partition coefficient (Wildman–Crippen LogP) is 3.10. The molecule has 10 heteroatoms. The maximum absolute atomic E-state index is 13.1. The third kappa shape index (κ3) is 5.19. The summed E-state index contributed by atoms with van der Waals surface area (Å²) in [5.74, 6) is 1.18. The molecule has 1 aliphatic rings. The second-order valence-electron chi connectivity index (χ2n) is 7.40. The van der Waals surface area contributed by atoms with E-state index in [1.807, 2.05) is 30.3 Å². The van der Waals surface area contributed by atoms with Gasteiger partial charge in [0, 0.05) is 19.6 Å². The number of ether oxygens (including phenoxy) is 2. The summed E-state index contributed by atoms with van der Waals surface area (Å²) in [6, 6.07) is 19.7. The van der Waals surface area contributed by atoms with Crippen LogP contribution in [0.5, 0.6) is 11.5 Å². The van der Waals surface area contributed by atoms with Gasteiger partial charge in [0.15, 0.2) is 11.5 Å². The topological polar surface area (TPSA) is 102 Å². The Bertz CT molecular complexity index is 1330. The first-order chi connectivity index (χ1) is 15.8. The molecule has 0 saturated heterocycles. The van der Waals surface area contributed by atoms with Crippen LogP contribution in [0.2, 0.25) is 0 Å². The summed E-state index contributed by atoms with van der Waals surface area (Å²) < 4.78 is 66.0. The molecule has 1 heterocycles. The van der Waals surface area contributed by atoms with Crippen molar-refractivity contribution in [2.45, 2.75) is 29.8 Å². The second kappa shape index (κ2) is 9.52. The fraction of sp³-hybridized carbons (Fsp3) is 0.217. The predicted molar refractivity (Wildman–Crippen MR) is 123 cm³/mol. The van der Waals surface area contributed by atoms with Gasteiger partial charge in [-0.05, 0) is 47.5 Å². The first kappa shape index (κ1) is 23.2. The zero-order valence-electron chi connectivity index (χ0n) is 18.0. The van der Waals surface area contributed by atoms with Gasteiger partial charge in [0.05, 0.1) is 9.79 Å². The average Bonchev–Trinajstić information content (AvgIpc) is 3.30. The molecule has 0 saturated carbocycles. The Morgan fingerprint density at radius 3 is 2.18 bits per heavy atom. The Labute approximate surface area is 193 Å². The third-order valence-electron chi connectivity index (χ3n) is 5.23. The summed E-state index contributed by atoms with van der Waals surface area (Å²) in [5.41, 5.74) is 1.58. The van der Waals surface area contributed by atoms with Crippen LogP contribution in [0.25, 0.3) is 0 Å². The molecule has 0 fully saturated rings. The van der Waals surface area contributed by atoms with Gasteiger partial charge >= 0.3 is 0 Å². The Morgan fingerprint density at radius 1 is 0.818 bits per heavy atom. The molecular formula is C23H24N2O6S2. The smallest absolute Gasteiger partial charge is 0.243 e. The molecule has 0 unspecified atom stereocenters. The van der Waals surface area contributed by atoms with Crippen molar-refractivity contribution in [3.63, 3.8) is 0 Å². The van der Waals surface area contributed by atoms with Crippen LogP contribution in [0.4, 0.5) is 0 Å². The third-order valence-corrected chi connectivity index (χ3v) is 8.58. The van der Waals surface area contributed by atoms with Crippen LogP contribution in [-0.4, -0.2) is 34.5 Å². The van der Waals surface area contributed by atoms with Crippen LogP contribution in [-0.2, 0) is 33.1 Å². The van der Waals surface area contributed by atoms with Gasteiger partial charge in [-0.1, -0.05) is 43.3 Å². The van der Waals surface area contributed by atoms with Crippen molar-refractivity contribution in [3.05, 3.63) is 83.9 Å². The molecule has 0 aromatic heterocycles. The van der Waals surface area contributed by atoms with Crippen molar-refractivity contribution in [1.29, 1.82) is 0 Å². The van der Waals surface area contributed by atoms with Crippen molar-refractivity contribution in [2.75, 3.05) is 13.3 Å². The minimum absolute atomic E-state index is 0.0201. The van der Waals surface area contributed by atoms with Crippen LogP contribution in [0.1, 0.15) is 18.1 Å². The maximum Gasteiger partial charge on any atom is 0.243 e. The zero-order chi connectivity index (χ0) is 23.5. The summed E-state index contributed by atoms with van der Waals surface area (Å²) in [6.07, 6.45) is 0. The van der Waals surface area contributed by atoms with Crippen molar-refractivity contribution in [3.8, 4) is 11.5 Å². The van der Waals surface area contributed by atoms with Gasteiger partial charge in [-0.3, -0.25) is 0 Å². The minimum Gasteiger partial charge on any atom is -0.454 e. The first-order valence-electron chi connectivity index (χ1n) is 10.3. The summed E-state index contributed by atoms with van der Waals surface area (Å²) in [7, 11) is -7.62. The van der Waals surface area contributed by atoms with Gasteiger partial charge in [-0.2, -0.15) is 4.31 Å². The maximum atomic E-state index is 13.1. The highest BCUT2D eigenvalue weighted by atomic mass is 32.2. The number of nitrogens with zero attached hydrogens (tertiary/aromatic N) is 1. The molecule has 3 aromatic carbocycles. The standard InChI is InChI=1S/C23H24N2O6S2/c1-2-25(16-18-6-4-3-5-7-18)33(28,29)21-11-9-20(10-12-21)32(26,27)24-15-19-8-13-22-23(14-19)31-17-30-22/h3-14,24H,2,15-17H2,1H3. The van der Waals surface area contributed by atoms with Crippen LogP contribution in [0.3, 0.4) is 0 Å². The Morgan fingerprint density at radius 2 is 1.48 bits per heavy atom. The fourth-order valence-electron chi connectivity index (χ4n) is 3.41. The molecule has 1 aliphatic heterocycles. The highest BCUT2D eigenvalue weighted by molar-refractivity contribution is 7.89. The van der Waals surface area contributed by atoms with Crippen LogP contribution < -0.4 is 14.2 Å². The van der Waals surface area contributed by atoms with Gasteiger partial charge in [0.2, 0.25) is 26.8 Å². The van der Waals surface area contributed by atoms with E-state index >= 15 is 0 Å². The van der Waals surface area contributed by atoms with E-state index in [2.05, 4.69) is 4.72 Å². The zero-order valence-corrected chi connectivity index (χ0v) is 19.6. The molecule has 0 radical (unpaired) electrons.